The number of hydrogen-bond acceptors (Lipinski definition) is 4. The number of aromatic nitrogens is 2. The standard InChI is InChI=1S/C26H12N4/c27-13-21-22(14-28)30-26-24-18-8-4-2-6-16(18)9-11-19(24)23-17-7-3-1-5-15(17)10-12-20(23)25(26)29-21/h1-12H. The van der Waals surface area contributed by atoms with Crippen molar-refractivity contribution in [3.63, 3.8) is 0 Å². The third-order valence-corrected chi connectivity index (χ3v) is 5.73. The third-order valence-electron chi connectivity index (χ3n) is 5.73. The summed E-state index contributed by atoms with van der Waals surface area (Å²) in [5.74, 6) is 0. The van der Waals surface area contributed by atoms with E-state index in [2.05, 4.69) is 52.4 Å². The van der Waals surface area contributed by atoms with Crippen molar-refractivity contribution in [2.24, 2.45) is 0 Å². The molecule has 0 N–H and O–H groups in total. The SMILES string of the molecule is N#Cc1nc2c3ccc4ccccc4c3c3ccc4ccccc4c3c2nc1C#N. The van der Waals surface area contributed by atoms with Crippen molar-refractivity contribution in [3.05, 3.63) is 84.2 Å². The lowest BCUT2D eigenvalue weighted by Crippen LogP contribution is -1.98. The van der Waals surface area contributed by atoms with Crippen LogP contribution in [0.15, 0.2) is 72.8 Å². The minimum absolute atomic E-state index is 0.0547. The first-order valence-electron chi connectivity index (χ1n) is 9.57. The second-order valence-corrected chi connectivity index (χ2v) is 7.26. The van der Waals surface area contributed by atoms with E-state index in [-0.39, 0.29) is 11.4 Å². The minimum Gasteiger partial charge on any atom is -0.232 e. The van der Waals surface area contributed by atoms with Crippen LogP contribution in [0.2, 0.25) is 0 Å². The Kier molecular flexibility index (Phi) is 3.27. The molecule has 0 bridgehead atoms. The molecule has 5 aromatic carbocycles. The van der Waals surface area contributed by atoms with Gasteiger partial charge in [0.1, 0.15) is 12.1 Å². The summed E-state index contributed by atoms with van der Waals surface area (Å²) in [5, 5.41) is 27.5. The number of benzene rings is 5. The van der Waals surface area contributed by atoms with Gasteiger partial charge in [-0.05, 0) is 32.3 Å². The highest BCUT2D eigenvalue weighted by molar-refractivity contribution is 6.34. The summed E-state index contributed by atoms with van der Waals surface area (Å²) in [7, 11) is 0. The van der Waals surface area contributed by atoms with Crippen LogP contribution in [0.4, 0.5) is 0 Å². The van der Waals surface area contributed by atoms with E-state index in [1.807, 2.05) is 42.5 Å². The van der Waals surface area contributed by atoms with Crippen LogP contribution < -0.4 is 0 Å². The van der Waals surface area contributed by atoms with Crippen LogP contribution in [0.5, 0.6) is 0 Å². The first-order valence-corrected chi connectivity index (χ1v) is 9.57. The number of hydrogen-bond donors (Lipinski definition) is 0. The molecule has 0 unspecified atom stereocenters. The maximum absolute atomic E-state index is 9.55. The molecule has 1 aromatic heterocycles. The Morgan fingerprint density at radius 2 is 1.03 bits per heavy atom. The Labute approximate surface area is 171 Å². The average Bonchev–Trinajstić information content (AvgIpc) is 2.82. The highest BCUT2D eigenvalue weighted by Gasteiger charge is 2.18. The van der Waals surface area contributed by atoms with Gasteiger partial charge in [-0.2, -0.15) is 10.5 Å². The predicted octanol–water partition coefficient (Wildman–Crippen LogP) is 5.99. The van der Waals surface area contributed by atoms with Crippen molar-refractivity contribution in [3.8, 4) is 12.1 Å². The van der Waals surface area contributed by atoms with Crippen molar-refractivity contribution >= 4 is 54.1 Å². The van der Waals surface area contributed by atoms with Crippen molar-refractivity contribution in [1.29, 1.82) is 10.5 Å². The van der Waals surface area contributed by atoms with E-state index in [9.17, 15) is 10.5 Å². The quantitative estimate of drug-likeness (QED) is 0.304. The molecule has 0 saturated carbocycles. The summed E-state index contributed by atoms with van der Waals surface area (Å²) < 4.78 is 0. The van der Waals surface area contributed by atoms with Gasteiger partial charge in [0.05, 0.1) is 11.0 Å². The second-order valence-electron chi connectivity index (χ2n) is 7.26. The molecule has 0 atom stereocenters. The van der Waals surface area contributed by atoms with Gasteiger partial charge in [-0.3, -0.25) is 0 Å². The normalized spacial score (nSPS) is 11.3. The van der Waals surface area contributed by atoms with Crippen molar-refractivity contribution < 1.29 is 0 Å². The summed E-state index contributed by atoms with van der Waals surface area (Å²) in [5.41, 5.74) is 1.41. The van der Waals surface area contributed by atoms with Gasteiger partial charge in [-0.15, -0.1) is 0 Å². The van der Waals surface area contributed by atoms with Gasteiger partial charge in [0.2, 0.25) is 0 Å². The average molecular weight is 380 g/mol. The van der Waals surface area contributed by atoms with Crippen LogP contribution in [0.25, 0.3) is 54.1 Å². The lowest BCUT2D eigenvalue weighted by molar-refractivity contribution is 1.21. The van der Waals surface area contributed by atoms with E-state index in [0.29, 0.717) is 11.0 Å². The fraction of sp³-hybridized carbons (Fsp3) is 0. The summed E-state index contributed by atoms with van der Waals surface area (Å²) in [6.45, 7) is 0. The Morgan fingerprint density at radius 1 is 0.500 bits per heavy atom. The monoisotopic (exact) mass is 380 g/mol. The van der Waals surface area contributed by atoms with Crippen LogP contribution in [0.3, 0.4) is 0 Å². The second kappa shape index (κ2) is 5.98. The molecule has 136 valence electrons. The lowest BCUT2D eigenvalue weighted by Gasteiger charge is -2.14. The Bertz CT molecular complexity index is 1770. The van der Waals surface area contributed by atoms with Crippen LogP contribution in [0.1, 0.15) is 11.4 Å². The maximum Gasteiger partial charge on any atom is 0.177 e. The highest BCUT2D eigenvalue weighted by atomic mass is 14.8. The van der Waals surface area contributed by atoms with E-state index >= 15 is 0 Å². The largest absolute Gasteiger partial charge is 0.232 e. The zero-order chi connectivity index (χ0) is 20.2. The van der Waals surface area contributed by atoms with Gasteiger partial charge >= 0.3 is 0 Å². The molecule has 1 heterocycles. The summed E-state index contributed by atoms with van der Waals surface area (Å²) in [6, 6.07) is 28.8. The number of nitriles is 2. The molecule has 30 heavy (non-hydrogen) atoms. The lowest BCUT2D eigenvalue weighted by atomic mass is 9.92. The topological polar surface area (TPSA) is 73.4 Å². The minimum atomic E-state index is 0.0547. The number of fused-ring (bicyclic) bond motifs is 10. The van der Waals surface area contributed by atoms with E-state index in [0.717, 1.165) is 43.1 Å². The smallest absolute Gasteiger partial charge is 0.177 e. The Balaban J connectivity index is 2.04. The maximum atomic E-state index is 9.55. The molecule has 0 fully saturated rings. The van der Waals surface area contributed by atoms with Gasteiger partial charge in [-0.25, -0.2) is 9.97 Å². The van der Waals surface area contributed by atoms with E-state index in [1.54, 1.807) is 0 Å². The van der Waals surface area contributed by atoms with Crippen LogP contribution in [-0.2, 0) is 0 Å². The fourth-order valence-corrected chi connectivity index (χ4v) is 4.45. The van der Waals surface area contributed by atoms with Crippen LogP contribution in [0, 0.1) is 22.7 Å². The van der Waals surface area contributed by atoms with Gasteiger partial charge < -0.3 is 0 Å². The van der Waals surface area contributed by atoms with Gasteiger partial charge in [0, 0.05) is 10.8 Å². The third kappa shape index (κ3) is 2.08. The predicted molar refractivity (Wildman–Crippen MR) is 119 cm³/mol. The van der Waals surface area contributed by atoms with E-state index in [1.165, 1.54) is 0 Å². The first-order chi connectivity index (χ1) is 14.8. The molecule has 0 aliphatic carbocycles. The van der Waals surface area contributed by atoms with Crippen molar-refractivity contribution in [2.75, 3.05) is 0 Å². The van der Waals surface area contributed by atoms with E-state index < -0.39 is 0 Å². The first kappa shape index (κ1) is 16.4. The van der Waals surface area contributed by atoms with Crippen LogP contribution >= 0.6 is 0 Å². The summed E-state index contributed by atoms with van der Waals surface area (Å²) >= 11 is 0. The summed E-state index contributed by atoms with van der Waals surface area (Å²) in [4.78, 5) is 9.24. The van der Waals surface area contributed by atoms with Crippen LogP contribution in [-0.4, -0.2) is 9.97 Å². The molecular formula is C26H12N4. The Hall–Kier alpha value is -4.54. The molecule has 0 amide bonds. The molecule has 6 rings (SSSR count). The molecule has 0 radical (unpaired) electrons. The Morgan fingerprint density at radius 3 is 1.67 bits per heavy atom. The highest BCUT2D eigenvalue weighted by Crippen LogP contribution is 2.40. The molecule has 0 aliphatic rings. The zero-order valence-corrected chi connectivity index (χ0v) is 15.7. The fourth-order valence-electron chi connectivity index (χ4n) is 4.45. The molecule has 0 saturated heterocycles. The number of rotatable bonds is 0. The van der Waals surface area contributed by atoms with Crippen molar-refractivity contribution in [1.82, 2.24) is 9.97 Å². The molecule has 0 spiro atoms. The van der Waals surface area contributed by atoms with Gasteiger partial charge in [0.15, 0.2) is 11.4 Å². The van der Waals surface area contributed by atoms with Gasteiger partial charge in [0.25, 0.3) is 0 Å². The number of nitrogens with zero attached hydrogens (tertiary/aromatic N) is 4. The van der Waals surface area contributed by atoms with Gasteiger partial charge in [-0.1, -0.05) is 72.8 Å². The zero-order valence-electron chi connectivity index (χ0n) is 15.7. The summed E-state index contributed by atoms with van der Waals surface area (Å²) in [6.07, 6.45) is 0. The molecule has 4 nitrogen and oxygen atoms in total. The van der Waals surface area contributed by atoms with E-state index in [4.69, 9.17) is 0 Å². The molecule has 0 aliphatic heterocycles. The van der Waals surface area contributed by atoms with Crippen molar-refractivity contribution in [2.45, 2.75) is 0 Å². The molecular weight excluding hydrogens is 368 g/mol. The molecule has 6 aromatic rings. The molecule has 4 heteroatoms.